The highest BCUT2D eigenvalue weighted by Gasteiger charge is 2.52. The maximum absolute atomic E-state index is 14.4. The largest absolute Gasteiger partial charge is 0.496 e. The minimum atomic E-state index is -1.12. The van der Waals surface area contributed by atoms with Crippen LogP contribution in [0.2, 0.25) is 0 Å². The molecule has 4 fully saturated rings. The fourth-order valence-corrected chi connectivity index (χ4v) is 8.23. The Morgan fingerprint density at radius 2 is 1.81 bits per heavy atom. The van der Waals surface area contributed by atoms with Crippen LogP contribution < -0.4 is 16.0 Å². The lowest BCUT2D eigenvalue weighted by Crippen LogP contribution is -2.48. The maximum atomic E-state index is 14.4. The second-order valence-electron chi connectivity index (χ2n) is 14.3. The van der Waals surface area contributed by atoms with Crippen LogP contribution in [0.15, 0.2) is 50.7 Å². The van der Waals surface area contributed by atoms with Gasteiger partial charge in [-0.25, -0.2) is 14.3 Å². The Kier molecular flexibility index (Phi) is 8.29. The van der Waals surface area contributed by atoms with Gasteiger partial charge in [0.2, 0.25) is 5.89 Å². The van der Waals surface area contributed by atoms with Crippen LogP contribution in [0.4, 0.5) is 0 Å². The third-order valence-electron chi connectivity index (χ3n) is 10.3. The summed E-state index contributed by atoms with van der Waals surface area (Å²) in [7, 11) is 1.62. The second-order valence-corrected chi connectivity index (χ2v) is 15.3. The third-order valence-corrected chi connectivity index (χ3v) is 11.6. The molecule has 0 radical (unpaired) electrons. The minimum Gasteiger partial charge on any atom is -0.496 e. The molecule has 252 valence electrons. The highest BCUT2D eigenvalue weighted by Crippen LogP contribution is 2.45. The Morgan fingerprint density at radius 3 is 2.38 bits per heavy atom. The van der Waals surface area contributed by atoms with Crippen molar-refractivity contribution in [3.63, 3.8) is 0 Å². The number of fused-ring (bicyclic) bond motifs is 3. The first kappa shape index (κ1) is 32.0. The lowest BCUT2D eigenvalue weighted by Gasteiger charge is -2.32. The maximum Gasteiger partial charge on any atom is 0.333 e. The number of thiophene rings is 1. The first-order valence-corrected chi connectivity index (χ1v) is 17.5. The Labute approximate surface area is 279 Å². The summed E-state index contributed by atoms with van der Waals surface area (Å²) in [6, 6.07) is 7.65. The van der Waals surface area contributed by atoms with Crippen molar-refractivity contribution < 1.29 is 24.8 Å². The predicted octanol–water partition coefficient (Wildman–Crippen LogP) is 6.80. The van der Waals surface area contributed by atoms with E-state index in [0.717, 1.165) is 36.7 Å². The van der Waals surface area contributed by atoms with Gasteiger partial charge in [0.1, 0.15) is 28.5 Å². The zero-order valence-corrected chi connectivity index (χ0v) is 28.6. The topological polar surface area (TPSA) is 115 Å². The van der Waals surface area contributed by atoms with Crippen LogP contribution in [0, 0.1) is 12.3 Å². The van der Waals surface area contributed by atoms with Crippen LogP contribution in [-0.4, -0.2) is 45.3 Å². The van der Waals surface area contributed by atoms with Crippen LogP contribution in [0.1, 0.15) is 90.8 Å². The van der Waals surface area contributed by atoms with Gasteiger partial charge in [-0.3, -0.25) is 14.2 Å². The molecule has 1 unspecified atom stereocenters. The predicted molar refractivity (Wildman–Crippen MR) is 181 cm³/mol. The van der Waals surface area contributed by atoms with E-state index in [1.54, 1.807) is 17.9 Å². The van der Waals surface area contributed by atoms with Crippen LogP contribution in [0.25, 0.3) is 21.0 Å². The van der Waals surface area contributed by atoms with Crippen LogP contribution in [0.3, 0.4) is 0 Å². The smallest absolute Gasteiger partial charge is 0.333 e. The van der Waals surface area contributed by atoms with Gasteiger partial charge in [0, 0.05) is 6.99 Å². The summed E-state index contributed by atoms with van der Waals surface area (Å²) in [5, 5.41) is 0.392. The fraction of sp³-hybridized carbons (Fsp3) is 0.556. The lowest BCUT2D eigenvalue weighted by atomic mass is 10.0. The number of ketones is 1. The molecule has 3 aromatic heterocycles. The number of para-hydroxylation sites is 1. The summed E-state index contributed by atoms with van der Waals surface area (Å²) in [6.45, 7) is 8.01. The monoisotopic (exact) mass is 663 g/mol. The summed E-state index contributed by atoms with van der Waals surface area (Å²) in [4.78, 5) is 46.7. The van der Waals surface area contributed by atoms with Gasteiger partial charge in [0.05, 0.1) is 48.4 Å². The number of oxazole rings is 1. The van der Waals surface area contributed by atoms with E-state index >= 15 is 0 Å². The molecule has 10 nitrogen and oxygen atoms in total. The van der Waals surface area contributed by atoms with Crippen molar-refractivity contribution in [2.24, 2.45) is 5.41 Å². The number of ether oxygens (including phenoxy) is 3. The van der Waals surface area contributed by atoms with Crippen molar-refractivity contribution in [1.29, 1.82) is 0 Å². The van der Waals surface area contributed by atoms with Crippen molar-refractivity contribution >= 4 is 27.3 Å². The molecule has 11 heteroatoms. The molecule has 2 bridgehead atoms. The first-order chi connectivity index (χ1) is 22.5. The van der Waals surface area contributed by atoms with Crippen molar-refractivity contribution in [1.82, 2.24) is 14.1 Å². The van der Waals surface area contributed by atoms with Gasteiger partial charge in [-0.15, -0.1) is 11.3 Å². The third kappa shape index (κ3) is 6.02. The molecule has 47 heavy (non-hydrogen) atoms. The summed E-state index contributed by atoms with van der Waals surface area (Å²) in [5.41, 5.74) is 0.130. The molecule has 8 rings (SSSR count). The van der Waals surface area contributed by atoms with Crippen molar-refractivity contribution in [3.05, 3.63) is 68.7 Å². The Bertz CT molecular complexity index is 1910. The van der Waals surface area contributed by atoms with E-state index in [2.05, 4.69) is 18.8 Å². The van der Waals surface area contributed by atoms with E-state index in [1.807, 2.05) is 31.2 Å². The molecular weight excluding hydrogens is 618 g/mol. The molecular formula is C36H45N3O7S. The van der Waals surface area contributed by atoms with Gasteiger partial charge >= 0.3 is 5.69 Å². The molecule has 2 saturated heterocycles. The molecule has 1 aromatic carbocycles. The molecule has 0 spiro atoms. The number of hydrogen-bond donors (Lipinski definition) is 0. The average molecular weight is 664 g/mol. The van der Waals surface area contributed by atoms with Crippen molar-refractivity contribution in [2.75, 3.05) is 7.11 Å². The number of rotatable bonds is 9. The lowest BCUT2D eigenvalue weighted by molar-refractivity contribution is -0.121. The summed E-state index contributed by atoms with van der Waals surface area (Å²) >= 11 is 1.29. The molecule has 0 amide bonds. The number of methoxy groups -OCH3 is 1. The van der Waals surface area contributed by atoms with Gasteiger partial charge < -0.3 is 18.6 Å². The molecule has 2 saturated carbocycles. The number of Topliss-reactive ketones (excluding diaryl/α,β-unsaturated/α-hetero) is 1. The number of carbonyl (C=O) groups excluding carboxylic acids is 1. The van der Waals surface area contributed by atoms with Crippen molar-refractivity contribution in [2.45, 2.75) is 116 Å². The molecule has 4 aliphatic rings. The van der Waals surface area contributed by atoms with Crippen LogP contribution in [0.5, 0.6) is 5.75 Å². The van der Waals surface area contributed by atoms with Crippen molar-refractivity contribution in [3.8, 4) is 16.5 Å². The molecule has 0 N–H and O–H groups in total. The minimum absolute atomic E-state index is 0. The van der Waals surface area contributed by atoms with Gasteiger partial charge in [-0.1, -0.05) is 32.0 Å². The number of nitrogens with zero attached hydrogens (tertiary/aromatic N) is 3. The summed E-state index contributed by atoms with van der Waals surface area (Å²) < 4.78 is 27.0. The van der Waals surface area contributed by atoms with Gasteiger partial charge in [0.15, 0.2) is 5.78 Å². The van der Waals surface area contributed by atoms with Gasteiger partial charge in [0.25, 0.3) is 5.56 Å². The Hall–Kier alpha value is -3.54. The number of aryl methyl sites for hydroxylation is 1. The zero-order valence-electron chi connectivity index (χ0n) is 27.7. The Balaban J connectivity index is 0.000000615. The molecule has 4 atom stereocenters. The number of benzene rings is 1. The number of carbonyl (C=O) groups is 1. The quantitative estimate of drug-likeness (QED) is 0.192. The highest BCUT2D eigenvalue weighted by atomic mass is 32.1. The van der Waals surface area contributed by atoms with Gasteiger partial charge in [-0.2, -0.15) is 0 Å². The first-order valence-electron chi connectivity index (χ1n) is 16.7. The number of hydrogen-bond acceptors (Lipinski definition) is 9. The second kappa shape index (κ2) is 12.2. The van der Waals surface area contributed by atoms with E-state index < -0.39 is 22.9 Å². The van der Waals surface area contributed by atoms with Crippen LogP contribution in [-0.2, 0) is 26.4 Å². The van der Waals surface area contributed by atoms with E-state index in [1.165, 1.54) is 41.9 Å². The fourth-order valence-electron chi connectivity index (χ4n) is 6.99. The van der Waals surface area contributed by atoms with E-state index in [9.17, 15) is 14.4 Å². The van der Waals surface area contributed by atoms with E-state index in [-0.39, 0.29) is 32.1 Å². The zero-order chi connectivity index (χ0) is 33.1. The molecule has 5 heterocycles. The SMILES string of the molecule is CC1(C)CC1.COc1ccccc1[C@H](Cn1c(=O)n(C2(C(C)=O)CC2)c(=O)c2c(C)c(-c3ncco3)sc21)OC1C[C@H]2CC[C@@H](C1)O2.[HH]. The standard InChI is InChI=1S/C31H33N3O7S.C5H10.H2/c1-17-25-28(36)34(31(10-11-31)18(2)35)30(37)33(29(25)42-26(17)27-32-12-13-39-27)16-24(22-6-4-5-7-23(22)38-3)41-21-14-19-8-9-20(15-21)40-19;1-5(2)3-4-5;/h4-7,12-13,19-21,24H,8-11,14-16H2,1-3H3;3-4H2,1-2H3;1H/t19-,20+,21?,24-;;/m0../s1. The normalized spacial score (nSPS) is 24.0. The summed E-state index contributed by atoms with van der Waals surface area (Å²) in [5.74, 6) is 0.838. The van der Waals surface area contributed by atoms with E-state index in [4.69, 9.17) is 18.6 Å². The van der Waals surface area contributed by atoms with E-state index in [0.29, 0.717) is 45.1 Å². The Morgan fingerprint density at radius 1 is 1.13 bits per heavy atom. The number of aromatic nitrogens is 3. The molecule has 2 aliphatic carbocycles. The highest BCUT2D eigenvalue weighted by molar-refractivity contribution is 7.22. The average Bonchev–Trinajstić information content (AvgIpc) is 3.80. The van der Waals surface area contributed by atoms with Gasteiger partial charge in [-0.05, 0) is 82.3 Å². The molecule has 2 aliphatic heterocycles. The summed E-state index contributed by atoms with van der Waals surface area (Å²) in [6.07, 6.45) is 10.2. The molecule has 4 aromatic rings. The van der Waals surface area contributed by atoms with Crippen LogP contribution >= 0.6 is 11.3 Å².